The van der Waals surface area contributed by atoms with Crippen molar-refractivity contribution in [3.8, 4) is 38.9 Å². The number of nitrogens with one attached hydrogen (secondary N) is 6. The first-order valence-corrected chi connectivity index (χ1v) is 32.6. The zero-order valence-electron chi connectivity index (χ0n) is 52.7. The molecule has 32 nitrogen and oxygen atoms in total. The van der Waals surface area contributed by atoms with Crippen LogP contribution < -0.4 is 40.8 Å². The molecule has 5 heterocycles. The van der Waals surface area contributed by atoms with Crippen molar-refractivity contribution < 1.29 is 108 Å². The molecule has 3 aliphatic heterocycles. The third-order valence-electron chi connectivity index (χ3n) is 16.7. The van der Waals surface area contributed by atoms with E-state index in [0.29, 0.717) is 29.4 Å². The molecule has 3 saturated heterocycles. The summed E-state index contributed by atoms with van der Waals surface area (Å²) in [4.78, 5) is 110. The summed E-state index contributed by atoms with van der Waals surface area (Å²) in [5.74, 6) is -8.85. The molecule has 3 fully saturated rings. The van der Waals surface area contributed by atoms with Gasteiger partial charge in [-0.2, -0.15) is 0 Å². The van der Waals surface area contributed by atoms with Gasteiger partial charge in [0.1, 0.15) is 42.0 Å². The lowest BCUT2D eigenvalue weighted by Gasteiger charge is -2.34. The Bertz CT molecular complexity index is 3400. The Morgan fingerprint density at radius 3 is 2.16 bits per heavy atom. The zero-order valence-corrected chi connectivity index (χ0v) is 54.3. The number of nitrogens with zero attached hydrogens (tertiary/aromatic N) is 4. The number of amides is 7. The lowest BCUT2D eigenvalue weighted by Crippen LogP contribution is -2.64. The second-order valence-electron chi connectivity index (χ2n) is 23.8. The SMILES string of the molecule is COCCCCCOc1ccc(-c2cn3cc(-c4ccc(C(=O)N[C@H]5C[C@@H](O)CNC(=O)[C@@H]6[C@@H](O)[C@@H](C)CN6C(=O)[C@H]([C@H](O)CCNC(CO)CO)NC(=O)[C@H]([C@H](O)Cc6ccc(O)c(OSOOO)c6)NC(=O)[C@@H]6C[C@@H](O)CN6C(=O)[C@H]([C@@H](C)O)NC5=O)cc4)nc3s2)cc1. The molecule has 0 unspecified atom stereocenters. The van der Waals surface area contributed by atoms with Crippen molar-refractivity contribution in [1.29, 1.82) is 0 Å². The number of β-amino-alcohol motifs (C(OH)–C–C–N with tert-alkyl or cyclic N) is 1. The molecule has 3 aromatic carbocycles. The van der Waals surface area contributed by atoms with E-state index in [4.69, 9.17) is 23.9 Å². The number of fused-ring (bicyclic) bond motifs is 3. The minimum Gasteiger partial charge on any atom is -0.504 e. The van der Waals surface area contributed by atoms with Gasteiger partial charge in [-0.3, -0.25) is 38.0 Å². The standard InChI is InChI=1S/C62H82N10O22S2/c1-32-26-72-53(54(32)81)59(86)64-25-39(76)23-42(65-55(82)37-10-8-35(9-11-37)43-28-70-29-49(95-62(70)66-43)36-12-14-41(15-13-36)91-20-6-4-5-19-90-3)56(83)67-50(33(2)75)60(87)71-27-40(77)24-44(71)57(84)68-51(47(80)21-34-7-16-45(78)48(22-34)92-96-94-93-89)58(85)69-52(61(72)88)46(79)17-18-63-38(30-73)31-74/h7-16,22,28-29,32-33,38-40,42,44,46-47,50-54,63,73-81,89H,4-6,17-21,23-27,30-31H2,1-3H3,(H,64,86)(H,65,82)(H,67,83)(H,68,84)(H,69,85)/t32-,33+,39+,40+,42-,44-,46+,47+,50-,51-,52-,53-,54-/m0/s1. The second-order valence-corrected chi connectivity index (χ2v) is 25.3. The molecule has 0 radical (unpaired) electrons. The van der Waals surface area contributed by atoms with Crippen LogP contribution in [0, 0.1) is 5.92 Å². The van der Waals surface area contributed by atoms with Gasteiger partial charge in [0.2, 0.25) is 35.4 Å². The summed E-state index contributed by atoms with van der Waals surface area (Å²) in [5, 5.41) is 126. The Morgan fingerprint density at radius 2 is 1.47 bits per heavy atom. The summed E-state index contributed by atoms with van der Waals surface area (Å²) in [5.41, 5.74) is 2.29. The van der Waals surface area contributed by atoms with Crippen LogP contribution in [0.15, 0.2) is 79.1 Å². The summed E-state index contributed by atoms with van der Waals surface area (Å²) in [6.07, 6.45) is -6.02. The largest absolute Gasteiger partial charge is 0.504 e. The molecule has 96 heavy (non-hydrogen) atoms. The van der Waals surface area contributed by atoms with E-state index in [1.807, 2.05) is 41.1 Å². The number of aromatic hydroxyl groups is 1. The summed E-state index contributed by atoms with van der Waals surface area (Å²) in [7, 11) is 1.68. The number of ether oxygens (including phenoxy) is 2. The Kier molecular flexibility index (Phi) is 27.1. The number of methoxy groups -OCH3 is 1. The maximum absolute atomic E-state index is 15.0. The van der Waals surface area contributed by atoms with E-state index in [0.717, 1.165) is 64.3 Å². The Labute approximate surface area is 559 Å². The predicted molar refractivity (Wildman–Crippen MR) is 342 cm³/mol. The van der Waals surface area contributed by atoms with Gasteiger partial charge in [0.05, 0.1) is 73.1 Å². The number of aliphatic hydroxyl groups excluding tert-OH is 8. The van der Waals surface area contributed by atoms with Gasteiger partial charge in [-0.15, -0.1) is 0 Å². The number of rotatable bonds is 26. The van der Waals surface area contributed by atoms with Gasteiger partial charge in [0.15, 0.2) is 16.5 Å². The van der Waals surface area contributed by atoms with Gasteiger partial charge in [-0.1, -0.05) is 45.8 Å². The fraction of sp³-hybridized carbons (Fsp3) is 0.516. The van der Waals surface area contributed by atoms with Gasteiger partial charge in [0.25, 0.3) is 18.2 Å². The number of carbonyl (C=O) groups is 7. The van der Waals surface area contributed by atoms with Crippen LogP contribution in [0.25, 0.3) is 26.7 Å². The molecule has 0 bridgehead atoms. The molecule has 13 atom stereocenters. The highest BCUT2D eigenvalue weighted by Gasteiger charge is 2.50. The summed E-state index contributed by atoms with van der Waals surface area (Å²) >= 11 is 1.53. The molecular formula is C62H82N10O22S2. The van der Waals surface area contributed by atoms with Crippen LogP contribution in [0.3, 0.4) is 0 Å². The number of unbranched alkanes of at least 4 members (excludes halogenated alkanes) is 2. The first kappa shape index (κ1) is 74.1. The number of hydrogen-bond donors (Lipinski definition) is 16. The van der Waals surface area contributed by atoms with Gasteiger partial charge in [-0.05, 0) is 98.8 Å². The van der Waals surface area contributed by atoms with Crippen molar-refractivity contribution in [2.75, 3.05) is 59.7 Å². The molecule has 524 valence electrons. The van der Waals surface area contributed by atoms with Crippen LogP contribution in [0.1, 0.15) is 68.3 Å². The number of benzene rings is 3. The smallest absolute Gasteiger partial charge is 0.261 e. The maximum Gasteiger partial charge on any atom is 0.261 e. The Morgan fingerprint density at radius 1 is 0.781 bits per heavy atom. The second kappa shape index (κ2) is 35.0. The molecule has 8 rings (SSSR count). The van der Waals surface area contributed by atoms with Crippen LogP contribution in [-0.4, -0.2) is 250 Å². The van der Waals surface area contributed by atoms with E-state index in [9.17, 15) is 79.5 Å². The number of hydrogen-bond acceptors (Lipinski definition) is 26. The molecule has 2 aromatic heterocycles. The van der Waals surface area contributed by atoms with Crippen LogP contribution in [0.4, 0.5) is 0 Å². The Hall–Kier alpha value is -7.65. The van der Waals surface area contributed by atoms with E-state index in [2.05, 4.69) is 41.3 Å². The van der Waals surface area contributed by atoms with Gasteiger partial charge in [-0.25, -0.2) is 10.2 Å². The summed E-state index contributed by atoms with van der Waals surface area (Å²) in [6.45, 7) is 0.984. The molecule has 5 aromatic rings. The molecule has 0 aliphatic carbocycles. The third-order valence-corrected chi connectivity index (χ3v) is 18.1. The van der Waals surface area contributed by atoms with Crippen molar-refractivity contribution in [1.82, 2.24) is 51.1 Å². The third kappa shape index (κ3) is 19.1. The van der Waals surface area contributed by atoms with Crippen molar-refractivity contribution in [2.24, 2.45) is 5.92 Å². The number of phenols is 1. The zero-order chi connectivity index (χ0) is 69.3. The van der Waals surface area contributed by atoms with Crippen LogP contribution in [-0.2, 0) is 49.3 Å². The van der Waals surface area contributed by atoms with Gasteiger partial charge < -0.3 is 101 Å². The molecule has 0 saturated carbocycles. The minimum absolute atomic E-state index is 0.0205. The number of imidazole rings is 1. The number of thiazole rings is 1. The van der Waals surface area contributed by atoms with E-state index in [1.165, 1.54) is 36.5 Å². The van der Waals surface area contributed by atoms with E-state index >= 15 is 0 Å². The van der Waals surface area contributed by atoms with Crippen molar-refractivity contribution in [3.05, 3.63) is 90.3 Å². The monoisotopic (exact) mass is 1380 g/mol. The number of carbonyl (C=O) groups excluding carboxylic acids is 7. The molecule has 16 N–H and O–H groups in total. The summed E-state index contributed by atoms with van der Waals surface area (Å²) in [6, 6.07) is 5.18. The lowest BCUT2D eigenvalue weighted by atomic mass is 9.98. The normalized spacial score (nSPS) is 24.3. The fourth-order valence-corrected chi connectivity index (χ4v) is 12.6. The first-order chi connectivity index (χ1) is 46.0. The highest BCUT2D eigenvalue weighted by molar-refractivity contribution is 7.90. The Balaban J connectivity index is 1.07. The predicted octanol–water partition coefficient (Wildman–Crippen LogP) is -1.72. The molecule has 7 amide bonds. The highest BCUT2D eigenvalue weighted by Crippen LogP contribution is 2.34. The van der Waals surface area contributed by atoms with Crippen molar-refractivity contribution >= 4 is 70.0 Å². The molecule has 3 aliphatic rings. The van der Waals surface area contributed by atoms with Crippen LogP contribution in [0.5, 0.6) is 17.2 Å². The molecular weight excluding hydrogens is 1300 g/mol. The first-order valence-electron chi connectivity index (χ1n) is 31.1. The quantitative estimate of drug-likeness (QED) is 0.0127. The van der Waals surface area contributed by atoms with Gasteiger partial charge in [0, 0.05) is 82.1 Å². The molecule has 34 heteroatoms. The molecule has 0 spiro atoms. The van der Waals surface area contributed by atoms with Crippen molar-refractivity contribution in [3.63, 3.8) is 0 Å². The van der Waals surface area contributed by atoms with Crippen LogP contribution >= 0.6 is 23.7 Å². The minimum atomic E-state index is -2.16. The maximum atomic E-state index is 15.0. The van der Waals surface area contributed by atoms with E-state index < -0.39 is 184 Å². The summed E-state index contributed by atoms with van der Waals surface area (Å²) < 4.78 is 22.2. The highest BCUT2D eigenvalue weighted by atomic mass is 32.2. The average molecular weight is 1380 g/mol. The fourth-order valence-electron chi connectivity index (χ4n) is 11.4. The van der Waals surface area contributed by atoms with E-state index in [1.54, 1.807) is 19.2 Å². The van der Waals surface area contributed by atoms with E-state index in [-0.39, 0.29) is 42.3 Å². The average Bonchev–Trinajstić information content (AvgIpc) is 1.64. The number of phenolic OH excluding ortho intramolecular Hbond substituents is 1. The van der Waals surface area contributed by atoms with Crippen molar-refractivity contribution in [2.45, 2.75) is 138 Å². The topological polar surface area (TPSA) is 464 Å². The van der Waals surface area contributed by atoms with Crippen LogP contribution in [0.2, 0.25) is 0 Å². The van der Waals surface area contributed by atoms with Gasteiger partial charge >= 0.3 is 0 Å². The number of aliphatic hydroxyl groups is 8. The lowest BCUT2D eigenvalue weighted by molar-refractivity contribution is -0.433. The number of aromatic nitrogens is 2.